The highest BCUT2D eigenvalue weighted by atomic mass is 35.5. The minimum atomic E-state index is -0.575. The SMILES string of the molecule is CC1=C(C(=O)Nc2ccc(F)cc2)C(c2ccccc2Cl)C2=C(CC(C)(C)CC2=O)N1. The van der Waals surface area contributed by atoms with Crippen LogP contribution < -0.4 is 10.6 Å². The summed E-state index contributed by atoms with van der Waals surface area (Å²) in [6, 6.07) is 12.9. The van der Waals surface area contributed by atoms with Crippen LogP contribution in [-0.2, 0) is 9.59 Å². The molecule has 0 fully saturated rings. The molecule has 1 unspecified atom stereocenters. The molecule has 1 aliphatic carbocycles. The van der Waals surface area contributed by atoms with Crippen molar-refractivity contribution in [1.82, 2.24) is 5.32 Å². The molecule has 1 aliphatic heterocycles. The third kappa shape index (κ3) is 4.15. The number of hydrogen-bond acceptors (Lipinski definition) is 3. The largest absolute Gasteiger partial charge is 0.362 e. The number of dihydropyridines is 1. The number of benzene rings is 2. The first-order valence-corrected chi connectivity index (χ1v) is 10.6. The van der Waals surface area contributed by atoms with Crippen LogP contribution in [0.2, 0.25) is 5.02 Å². The lowest BCUT2D eigenvalue weighted by Crippen LogP contribution is -2.39. The smallest absolute Gasteiger partial charge is 0.254 e. The Kier molecular flexibility index (Phi) is 5.48. The van der Waals surface area contributed by atoms with E-state index in [2.05, 4.69) is 24.5 Å². The van der Waals surface area contributed by atoms with Gasteiger partial charge < -0.3 is 10.6 Å². The first kappa shape index (κ1) is 21.3. The molecule has 0 aromatic heterocycles. The molecular formula is C25H24ClFN2O2. The molecule has 6 heteroatoms. The molecule has 1 heterocycles. The van der Waals surface area contributed by atoms with Crippen LogP contribution in [0.4, 0.5) is 10.1 Å². The van der Waals surface area contributed by atoms with Crippen molar-refractivity contribution in [3.05, 3.63) is 87.5 Å². The van der Waals surface area contributed by atoms with Crippen LogP contribution in [0.15, 0.2) is 71.1 Å². The van der Waals surface area contributed by atoms with E-state index in [1.54, 1.807) is 6.07 Å². The standard InChI is InChI=1S/C25H24ClFN2O2/c1-14-21(24(31)29-16-10-8-15(27)9-11-16)22(17-6-4-5-7-18(17)26)23-19(28-14)12-25(2,3)13-20(23)30/h4-11,22,28H,12-13H2,1-3H3,(H,29,31). The summed E-state index contributed by atoms with van der Waals surface area (Å²) in [5.74, 6) is -1.30. The van der Waals surface area contributed by atoms with E-state index >= 15 is 0 Å². The average Bonchev–Trinajstić information content (AvgIpc) is 2.68. The lowest BCUT2D eigenvalue weighted by Gasteiger charge is -2.39. The van der Waals surface area contributed by atoms with E-state index in [-0.39, 0.29) is 22.9 Å². The van der Waals surface area contributed by atoms with Crippen molar-refractivity contribution in [3.8, 4) is 0 Å². The first-order chi connectivity index (χ1) is 14.7. The van der Waals surface area contributed by atoms with Gasteiger partial charge in [-0.2, -0.15) is 0 Å². The number of carbonyl (C=O) groups is 2. The number of ketones is 1. The van der Waals surface area contributed by atoms with Crippen molar-refractivity contribution >= 4 is 29.0 Å². The van der Waals surface area contributed by atoms with Crippen LogP contribution in [-0.4, -0.2) is 11.7 Å². The van der Waals surface area contributed by atoms with Gasteiger partial charge in [0.2, 0.25) is 0 Å². The number of Topliss-reactive ketones (excluding diaryl/α,β-unsaturated/α-hetero) is 1. The zero-order valence-electron chi connectivity index (χ0n) is 17.7. The summed E-state index contributed by atoms with van der Waals surface area (Å²) in [5.41, 5.74) is 3.58. The fourth-order valence-electron chi connectivity index (χ4n) is 4.49. The predicted molar refractivity (Wildman–Crippen MR) is 120 cm³/mol. The zero-order valence-corrected chi connectivity index (χ0v) is 18.4. The van der Waals surface area contributed by atoms with E-state index in [9.17, 15) is 14.0 Å². The van der Waals surface area contributed by atoms with Gasteiger partial charge in [-0.3, -0.25) is 9.59 Å². The number of carbonyl (C=O) groups excluding carboxylic acids is 2. The molecule has 0 saturated carbocycles. The molecule has 4 nitrogen and oxygen atoms in total. The molecule has 2 aliphatic rings. The molecule has 4 rings (SSSR count). The molecule has 0 spiro atoms. The topological polar surface area (TPSA) is 58.2 Å². The van der Waals surface area contributed by atoms with Crippen LogP contribution in [0.3, 0.4) is 0 Å². The average molecular weight is 439 g/mol. The number of anilines is 1. The molecule has 2 N–H and O–H groups in total. The van der Waals surface area contributed by atoms with Gasteiger partial charge in [0.1, 0.15) is 5.82 Å². The summed E-state index contributed by atoms with van der Waals surface area (Å²) in [5, 5.41) is 6.66. The molecule has 160 valence electrons. The first-order valence-electron chi connectivity index (χ1n) is 10.2. The second-order valence-corrected chi connectivity index (χ2v) is 9.32. The Morgan fingerprint density at radius 2 is 1.81 bits per heavy atom. The van der Waals surface area contributed by atoms with E-state index in [1.807, 2.05) is 25.1 Å². The van der Waals surface area contributed by atoms with Gasteiger partial charge in [0, 0.05) is 45.6 Å². The Bertz CT molecular complexity index is 1130. The highest BCUT2D eigenvalue weighted by Crippen LogP contribution is 2.47. The van der Waals surface area contributed by atoms with E-state index < -0.39 is 5.92 Å². The number of rotatable bonds is 3. The summed E-state index contributed by atoms with van der Waals surface area (Å²) in [4.78, 5) is 26.7. The predicted octanol–water partition coefficient (Wildman–Crippen LogP) is 5.72. The summed E-state index contributed by atoms with van der Waals surface area (Å²) in [7, 11) is 0. The number of hydrogen-bond donors (Lipinski definition) is 2. The number of allylic oxidation sites excluding steroid dienone is 3. The Morgan fingerprint density at radius 1 is 1.13 bits per heavy atom. The quantitative estimate of drug-likeness (QED) is 0.644. The number of halogens is 2. The van der Waals surface area contributed by atoms with Crippen molar-refractivity contribution in [1.29, 1.82) is 0 Å². The normalized spacial score (nSPS) is 20.3. The summed E-state index contributed by atoms with van der Waals surface area (Å²) < 4.78 is 13.3. The summed E-state index contributed by atoms with van der Waals surface area (Å²) in [6.07, 6.45) is 1.11. The van der Waals surface area contributed by atoms with Crippen LogP contribution in [0, 0.1) is 11.2 Å². The van der Waals surface area contributed by atoms with E-state index in [1.165, 1.54) is 24.3 Å². The molecule has 0 radical (unpaired) electrons. The third-order valence-electron chi connectivity index (χ3n) is 5.80. The molecule has 0 bridgehead atoms. The van der Waals surface area contributed by atoms with Crippen LogP contribution >= 0.6 is 11.6 Å². The van der Waals surface area contributed by atoms with Crippen molar-refractivity contribution < 1.29 is 14.0 Å². The van der Waals surface area contributed by atoms with Crippen molar-refractivity contribution in [2.24, 2.45) is 5.41 Å². The van der Waals surface area contributed by atoms with Gasteiger partial charge in [-0.1, -0.05) is 43.6 Å². The zero-order chi connectivity index (χ0) is 22.3. The maximum Gasteiger partial charge on any atom is 0.254 e. The van der Waals surface area contributed by atoms with E-state index in [4.69, 9.17) is 11.6 Å². The molecule has 1 amide bonds. The fraction of sp³-hybridized carbons (Fsp3) is 0.280. The molecular weight excluding hydrogens is 415 g/mol. The van der Waals surface area contributed by atoms with E-state index in [0.717, 1.165) is 11.3 Å². The molecule has 31 heavy (non-hydrogen) atoms. The maximum atomic E-state index is 13.4. The fourth-order valence-corrected chi connectivity index (χ4v) is 4.73. The maximum absolute atomic E-state index is 13.4. The number of amides is 1. The second kappa shape index (κ2) is 7.97. The summed E-state index contributed by atoms with van der Waals surface area (Å²) >= 11 is 6.54. The Labute approximate surface area is 186 Å². The Morgan fingerprint density at radius 3 is 2.48 bits per heavy atom. The van der Waals surface area contributed by atoms with Gasteiger partial charge in [0.05, 0.1) is 0 Å². The lowest BCUT2D eigenvalue weighted by atomic mass is 9.68. The van der Waals surface area contributed by atoms with Gasteiger partial charge in [0.25, 0.3) is 5.91 Å². The Hall–Kier alpha value is -2.92. The molecule has 0 saturated heterocycles. The van der Waals surface area contributed by atoms with Crippen LogP contribution in [0.5, 0.6) is 0 Å². The highest BCUT2D eigenvalue weighted by Gasteiger charge is 2.43. The highest BCUT2D eigenvalue weighted by molar-refractivity contribution is 6.31. The van der Waals surface area contributed by atoms with Gasteiger partial charge in [-0.15, -0.1) is 0 Å². The third-order valence-corrected chi connectivity index (χ3v) is 6.15. The molecule has 2 aromatic rings. The van der Waals surface area contributed by atoms with E-state index in [0.29, 0.717) is 40.4 Å². The minimum absolute atomic E-state index is 0.0169. The van der Waals surface area contributed by atoms with Gasteiger partial charge in [-0.05, 0) is 54.7 Å². The molecule has 1 atom stereocenters. The summed E-state index contributed by atoms with van der Waals surface area (Å²) in [6.45, 7) is 5.96. The van der Waals surface area contributed by atoms with Gasteiger partial charge in [0.15, 0.2) is 5.78 Å². The Balaban J connectivity index is 1.81. The van der Waals surface area contributed by atoms with Gasteiger partial charge in [-0.25, -0.2) is 4.39 Å². The lowest BCUT2D eigenvalue weighted by molar-refractivity contribution is -0.118. The number of nitrogens with one attached hydrogen (secondary N) is 2. The second-order valence-electron chi connectivity index (χ2n) is 8.91. The van der Waals surface area contributed by atoms with Crippen molar-refractivity contribution in [2.45, 2.75) is 39.5 Å². The van der Waals surface area contributed by atoms with Gasteiger partial charge >= 0.3 is 0 Å². The monoisotopic (exact) mass is 438 g/mol. The van der Waals surface area contributed by atoms with Crippen LogP contribution in [0.1, 0.15) is 45.1 Å². The van der Waals surface area contributed by atoms with Crippen molar-refractivity contribution in [2.75, 3.05) is 5.32 Å². The molecule has 2 aromatic carbocycles. The minimum Gasteiger partial charge on any atom is -0.362 e. The van der Waals surface area contributed by atoms with Crippen LogP contribution in [0.25, 0.3) is 0 Å². The van der Waals surface area contributed by atoms with Crippen molar-refractivity contribution in [3.63, 3.8) is 0 Å².